The van der Waals surface area contributed by atoms with E-state index in [1.807, 2.05) is 0 Å². The van der Waals surface area contributed by atoms with Gasteiger partial charge in [0.25, 0.3) is 0 Å². The largest absolute Gasteiger partial charge is 0.397 e. The standard InChI is InChI=1S/C17H24N2OS/c1-17(2)7-8-19(9-17)16-12(10-3-4-10)13(18)15(21-16)14(20)11-5-6-11/h10-11H,3-9,18H2,1-2H3. The molecule has 1 aromatic heterocycles. The van der Waals surface area contributed by atoms with Crippen molar-refractivity contribution in [1.82, 2.24) is 0 Å². The smallest absolute Gasteiger partial charge is 0.178 e. The summed E-state index contributed by atoms with van der Waals surface area (Å²) in [4.78, 5) is 15.8. The van der Waals surface area contributed by atoms with E-state index in [1.165, 1.54) is 29.8 Å². The summed E-state index contributed by atoms with van der Waals surface area (Å²) < 4.78 is 0. The zero-order chi connectivity index (χ0) is 14.8. The third kappa shape index (κ3) is 2.37. The van der Waals surface area contributed by atoms with E-state index in [2.05, 4.69) is 18.7 Å². The fourth-order valence-electron chi connectivity index (χ4n) is 3.45. The molecule has 0 aromatic carbocycles. The topological polar surface area (TPSA) is 46.3 Å². The van der Waals surface area contributed by atoms with Crippen LogP contribution in [-0.4, -0.2) is 18.9 Å². The fourth-order valence-corrected chi connectivity index (χ4v) is 4.80. The Labute approximate surface area is 130 Å². The second-order valence-corrected chi connectivity index (χ2v) is 8.81. The molecule has 0 spiro atoms. The quantitative estimate of drug-likeness (QED) is 0.854. The lowest BCUT2D eigenvalue weighted by molar-refractivity contribution is 0.0972. The monoisotopic (exact) mass is 304 g/mol. The second kappa shape index (κ2) is 4.48. The Kier molecular flexibility index (Phi) is 2.91. The van der Waals surface area contributed by atoms with Gasteiger partial charge in [-0.15, -0.1) is 11.3 Å². The molecule has 1 saturated heterocycles. The number of nitrogens with zero attached hydrogens (tertiary/aromatic N) is 1. The van der Waals surface area contributed by atoms with Crippen LogP contribution < -0.4 is 10.6 Å². The molecule has 1 aromatic rings. The molecule has 4 rings (SSSR count). The van der Waals surface area contributed by atoms with Crippen LogP contribution in [0.4, 0.5) is 10.7 Å². The maximum absolute atomic E-state index is 12.5. The summed E-state index contributed by atoms with van der Waals surface area (Å²) in [6, 6.07) is 0. The number of anilines is 2. The molecule has 2 aliphatic carbocycles. The minimum absolute atomic E-state index is 0.265. The van der Waals surface area contributed by atoms with Crippen molar-refractivity contribution in [3.63, 3.8) is 0 Å². The van der Waals surface area contributed by atoms with Gasteiger partial charge in [0.2, 0.25) is 0 Å². The van der Waals surface area contributed by atoms with E-state index in [-0.39, 0.29) is 5.92 Å². The molecule has 21 heavy (non-hydrogen) atoms. The molecule has 0 amide bonds. The number of rotatable bonds is 4. The number of nitrogens with two attached hydrogens (primary N) is 1. The van der Waals surface area contributed by atoms with E-state index in [1.54, 1.807) is 11.3 Å². The van der Waals surface area contributed by atoms with Crippen LogP contribution in [-0.2, 0) is 0 Å². The van der Waals surface area contributed by atoms with Crippen molar-refractivity contribution in [3.05, 3.63) is 10.4 Å². The van der Waals surface area contributed by atoms with Crippen LogP contribution in [0.3, 0.4) is 0 Å². The second-order valence-electron chi connectivity index (χ2n) is 7.81. The number of carbonyl (C=O) groups excluding carboxylic acids is 1. The predicted octanol–water partition coefficient (Wildman–Crippen LogP) is 4.04. The van der Waals surface area contributed by atoms with Gasteiger partial charge in [-0.1, -0.05) is 13.8 Å². The number of nitrogen functional groups attached to an aromatic ring is 1. The van der Waals surface area contributed by atoms with Crippen LogP contribution in [0.1, 0.15) is 67.1 Å². The van der Waals surface area contributed by atoms with Gasteiger partial charge in [-0.3, -0.25) is 4.79 Å². The first-order valence-electron chi connectivity index (χ1n) is 8.17. The molecule has 3 fully saturated rings. The molecule has 2 N–H and O–H groups in total. The molecule has 2 heterocycles. The summed E-state index contributed by atoms with van der Waals surface area (Å²) in [5.74, 6) is 1.19. The highest BCUT2D eigenvalue weighted by molar-refractivity contribution is 7.19. The summed E-state index contributed by atoms with van der Waals surface area (Å²) in [7, 11) is 0. The molecule has 0 unspecified atom stereocenters. The molecule has 3 aliphatic rings. The normalized spacial score (nSPS) is 24.6. The lowest BCUT2D eigenvalue weighted by atomic mass is 9.93. The maximum Gasteiger partial charge on any atom is 0.178 e. The minimum atomic E-state index is 0.265. The number of thiophene rings is 1. The average Bonchev–Trinajstić information content (AvgIpc) is 3.32. The van der Waals surface area contributed by atoms with Gasteiger partial charge in [0.05, 0.1) is 15.6 Å². The molecule has 0 bridgehead atoms. The SMILES string of the molecule is CC1(C)CCN(c2sc(C(=O)C3CC3)c(N)c2C2CC2)C1. The molecule has 0 radical (unpaired) electrons. The summed E-state index contributed by atoms with van der Waals surface area (Å²) in [5.41, 5.74) is 8.91. The Balaban J connectivity index is 1.72. The molecular weight excluding hydrogens is 280 g/mol. The zero-order valence-electron chi connectivity index (χ0n) is 12.9. The highest BCUT2D eigenvalue weighted by Crippen LogP contribution is 2.54. The van der Waals surface area contributed by atoms with Gasteiger partial charge in [-0.25, -0.2) is 0 Å². The Morgan fingerprint density at radius 2 is 2.00 bits per heavy atom. The number of hydrogen-bond donors (Lipinski definition) is 1. The first-order chi connectivity index (χ1) is 9.96. The molecule has 114 valence electrons. The van der Waals surface area contributed by atoms with Crippen molar-refractivity contribution in [1.29, 1.82) is 0 Å². The Morgan fingerprint density at radius 1 is 1.29 bits per heavy atom. The summed E-state index contributed by atoms with van der Waals surface area (Å²) in [6.07, 6.45) is 5.81. The van der Waals surface area contributed by atoms with Crippen molar-refractivity contribution in [3.8, 4) is 0 Å². The molecule has 4 heteroatoms. The van der Waals surface area contributed by atoms with Crippen molar-refractivity contribution in [2.45, 2.75) is 51.9 Å². The van der Waals surface area contributed by atoms with E-state index < -0.39 is 0 Å². The Hall–Kier alpha value is -1.03. The van der Waals surface area contributed by atoms with Crippen molar-refractivity contribution >= 4 is 27.8 Å². The summed E-state index contributed by atoms with van der Waals surface area (Å²) >= 11 is 1.68. The number of carbonyl (C=O) groups is 1. The van der Waals surface area contributed by atoms with Crippen LogP contribution >= 0.6 is 11.3 Å². The highest BCUT2D eigenvalue weighted by atomic mass is 32.1. The van der Waals surface area contributed by atoms with E-state index in [4.69, 9.17) is 5.73 Å². The van der Waals surface area contributed by atoms with E-state index in [0.29, 0.717) is 17.1 Å². The fraction of sp³-hybridized carbons (Fsp3) is 0.706. The first kappa shape index (κ1) is 13.6. The maximum atomic E-state index is 12.5. The van der Waals surface area contributed by atoms with Gasteiger partial charge < -0.3 is 10.6 Å². The van der Waals surface area contributed by atoms with Gasteiger partial charge >= 0.3 is 0 Å². The molecule has 0 atom stereocenters. The third-order valence-corrected chi connectivity index (χ3v) is 6.38. The van der Waals surface area contributed by atoms with Crippen LogP contribution in [0.2, 0.25) is 0 Å². The Bertz CT molecular complexity index is 596. The average molecular weight is 304 g/mol. The molecule has 2 saturated carbocycles. The van der Waals surface area contributed by atoms with Crippen molar-refractivity contribution in [2.24, 2.45) is 11.3 Å². The van der Waals surface area contributed by atoms with Crippen LogP contribution in [0, 0.1) is 11.3 Å². The van der Waals surface area contributed by atoms with Crippen LogP contribution in [0.25, 0.3) is 0 Å². The highest BCUT2D eigenvalue weighted by Gasteiger charge is 2.40. The van der Waals surface area contributed by atoms with Crippen LogP contribution in [0.15, 0.2) is 0 Å². The van der Waals surface area contributed by atoms with Crippen molar-refractivity contribution in [2.75, 3.05) is 23.7 Å². The Morgan fingerprint density at radius 3 is 2.52 bits per heavy atom. The first-order valence-corrected chi connectivity index (χ1v) is 8.99. The molecule has 3 nitrogen and oxygen atoms in total. The van der Waals surface area contributed by atoms with Gasteiger partial charge in [-0.05, 0) is 43.4 Å². The molecule has 1 aliphatic heterocycles. The zero-order valence-corrected chi connectivity index (χ0v) is 13.8. The summed E-state index contributed by atoms with van der Waals surface area (Å²) in [5, 5.41) is 1.31. The number of Topliss-reactive ketones (excluding diaryl/α,β-unsaturated/α-hetero) is 1. The lowest BCUT2D eigenvalue weighted by Crippen LogP contribution is -2.22. The lowest BCUT2D eigenvalue weighted by Gasteiger charge is -2.21. The van der Waals surface area contributed by atoms with Gasteiger partial charge in [0.1, 0.15) is 0 Å². The van der Waals surface area contributed by atoms with Gasteiger partial charge in [-0.2, -0.15) is 0 Å². The summed E-state index contributed by atoms with van der Waals surface area (Å²) in [6.45, 7) is 6.85. The number of ketones is 1. The van der Waals surface area contributed by atoms with Crippen molar-refractivity contribution < 1.29 is 4.79 Å². The van der Waals surface area contributed by atoms with E-state index >= 15 is 0 Å². The van der Waals surface area contributed by atoms with Gasteiger partial charge in [0.15, 0.2) is 5.78 Å². The van der Waals surface area contributed by atoms with E-state index in [9.17, 15) is 4.79 Å². The van der Waals surface area contributed by atoms with Gasteiger partial charge in [0, 0.05) is 24.6 Å². The predicted molar refractivity (Wildman–Crippen MR) is 88.4 cm³/mol. The number of hydrogen-bond acceptors (Lipinski definition) is 4. The molecular formula is C17H24N2OS. The van der Waals surface area contributed by atoms with E-state index in [0.717, 1.165) is 36.5 Å². The minimum Gasteiger partial charge on any atom is -0.397 e. The van der Waals surface area contributed by atoms with Crippen LogP contribution in [0.5, 0.6) is 0 Å². The third-order valence-electron chi connectivity index (χ3n) is 5.09.